The highest BCUT2D eigenvalue weighted by Crippen LogP contribution is 2.32. The summed E-state index contributed by atoms with van der Waals surface area (Å²) in [5, 5.41) is 13.9. The molecule has 0 unspecified atom stereocenters. The number of phenolic OH excluding ortho intramolecular Hbond substituents is 1. The summed E-state index contributed by atoms with van der Waals surface area (Å²) in [6.45, 7) is 2.35. The predicted molar refractivity (Wildman–Crippen MR) is 102 cm³/mol. The van der Waals surface area contributed by atoms with Gasteiger partial charge in [-0.2, -0.15) is 0 Å². The van der Waals surface area contributed by atoms with Gasteiger partial charge in [0, 0.05) is 6.54 Å². The van der Waals surface area contributed by atoms with Crippen LogP contribution in [0.2, 0.25) is 0 Å². The summed E-state index contributed by atoms with van der Waals surface area (Å²) >= 11 is 0. The van der Waals surface area contributed by atoms with Gasteiger partial charge < -0.3 is 14.8 Å². The fourth-order valence-corrected chi connectivity index (χ4v) is 3.04. The third-order valence-corrected chi connectivity index (χ3v) is 4.36. The Morgan fingerprint density at radius 2 is 1.96 bits per heavy atom. The van der Waals surface area contributed by atoms with E-state index in [2.05, 4.69) is 10.8 Å². The first kappa shape index (κ1) is 18.0. The lowest BCUT2D eigenvalue weighted by atomic mass is 9.99. The van der Waals surface area contributed by atoms with Crippen LogP contribution in [0.5, 0.6) is 5.75 Å². The molecule has 0 saturated heterocycles. The molecule has 136 valence electrons. The quantitative estimate of drug-likeness (QED) is 0.588. The van der Waals surface area contributed by atoms with E-state index in [1.54, 1.807) is 13.1 Å². The molecule has 2 aromatic carbocycles. The van der Waals surface area contributed by atoms with Crippen molar-refractivity contribution in [2.45, 2.75) is 19.9 Å². The summed E-state index contributed by atoms with van der Waals surface area (Å²) in [7, 11) is 3.32. The van der Waals surface area contributed by atoms with Crippen LogP contribution in [0.15, 0.2) is 45.8 Å². The molecule has 0 radical (unpaired) electrons. The van der Waals surface area contributed by atoms with E-state index < -0.39 is 0 Å². The highest BCUT2D eigenvalue weighted by Gasteiger charge is 2.17. The first-order valence-corrected chi connectivity index (χ1v) is 8.44. The van der Waals surface area contributed by atoms with E-state index in [1.807, 2.05) is 31.2 Å². The number of phenols is 1. The summed E-state index contributed by atoms with van der Waals surface area (Å²) in [6.07, 6.45) is 2.08. The van der Waals surface area contributed by atoms with Gasteiger partial charge in [-0.25, -0.2) is 0 Å². The third-order valence-electron chi connectivity index (χ3n) is 4.36. The van der Waals surface area contributed by atoms with Crippen molar-refractivity contribution < 1.29 is 14.4 Å². The molecule has 6 heteroatoms. The number of hydrogen-bond acceptors (Lipinski definition) is 6. The molecule has 0 saturated carbocycles. The molecule has 26 heavy (non-hydrogen) atoms. The first-order valence-electron chi connectivity index (χ1n) is 8.44. The van der Waals surface area contributed by atoms with Gasteiger partial charge in [-0.1, -0.05) is 19.1 Å². The lowest BCUT2D eigenvalue weighted by molar-refractivity contribution is 0.271. The molecular weight excluding hydrogens is 332 g/mol. The maximum absolute atomic E-state index is 13.1. The lowest BCUT2D eigenvalue weighted by Crippen LogP contribution is -2.11. The number of nitrogens with one attached hydrogen (secondary N) is 2. The van der Waals surface area contributed by atoms with Crippen molar-refractivity contribution in [3.05, 3.63) is 57.9 Å². The minimum absolute atomic E-state index is 0.120. The summed E-state index contributed by atoms with van der Waals surface area (Å²) < 4.78 is 5.78. The smallest absolute Gasteiger partial charge is 0.200 e. The average molecular weight is 354 g/mol. The van der Waals surface area contributed by atoms with Gasteiger partial charge >= 0.3 is 0 Å². The highest BCUT2D eigenvalue weighted by molar-refractivity contribution is 5.87. The van der Waals surface area contributed by atoms with Crippen molar-refractivity contribution in [3.63, 3.8) is 0 Å². The Morgan fingerprint density at radius 3 is 2.58 bits per heavy atom. The molecule has 0 fully saturated rings. The van der Waals surface area contributed by atoms with Crippen molar-refractivity contribution >= 4 is 16.7 Å². The molecule has 0 amide bonds. The maximum Gasteiger partial charge on any atom is 0.200 e. The van der Waals surface area contributed by atoms with Crippen LogP contribution in [0, 0.1) is 0 Å². The van der Waals surface area contributed by atoms with Crippen LogP contribution in [0.4, 0.5) is 5.69 Å². The van der Waals surface area contributed by atoms with Crippen molar-refractivity contribution in [1.82, 2.24) is 5.32 Å². The first-order chi connectivity index (χ1) is 12.6. The summed E-state index contributed by atoms with van der Waals surface area (Å²) in [5.41, 5.74) is 6.38. The molecule has 1 heterocycles. The number of rotatable bonds is 6. The van der Waals surface area contributed by atoms with Crippen molar-refractivity contribution in [2.24, 2.45) is 0 Å². The number of benzene rings is 2. The number of anilines is 1. The van der Waals surface area contributed by atoms with Crippen molar-refractivity contribution in [2.75, 3.05) is 19.6 Å². The zero-order valence-corrected chi connectivity index (χ0v) is 15.1. The minimum Gasteiger partial charge on any atom is -0.507 e. The summed E-state index contributed by atoms with van der Waals surface area (Å²) in [4.78, 5) is 17.9. The van der Waals surface area contributed by atoms with Crippen LogP contribution in [-0.4, -0.2) is 19.3 Å². The summed E-state index contributed by atoms with van der Waals surface area (Å²) in [5.74, 6) is 0.181. The molecule has 3 N–H and O–H groups in total. The van der Waals surface area contributed by atoms with Crippen molar-refractivity contribution in [3.8, 4) is 16.9 Å². The fraction of sp³-hybridized carbons (Fsp3) is 0.250. The van der Waals surface area contributed by atoms with Gasteiger partial charge in [0.25, 0.3) is 0 Å². The van der Waals surface area contributed by atoms with Gasteiger partial charge in [-0.05, 0) is 42.8 Å². The Balaban J connectivity index is 2.19. The molecule has 3 rings (SSSR count). The summed E-state index contributed by atoms with van der Waals surface area (Å²) in [6, 6.07) is 9.02. The molecule has 6 nitrogen and oxygen atoms in total. The second kappa shape index (κ2) is 7.59. The number of aryl methyl sites for hydroxylation is 1. The van der Waals surface area contributed by atoms with E-state index in [0.717, 1.165) is 16.8 Å². The van der Waals surface area contributed by atoms with Crippen LogP contribution < -0.4 is 16.2 Å². The van der Waals surface area contributed by atoms with E-state index in [0.29, 0.717) is 35.1 Å². The number of fused-ring (bicyclic) bond motifs is 1. The van der Waals surface area contributed by atoms with Crippen LogP contribution in [0.1, 0.15) is 18.1 Å². The van der Waals surface area contributed by atoms with Crippen LogP contribution >= 0.6 is 0 Å². The van der Waals surface area contributed by atoms with E-state index in [-0.39, 0.29) is 11.2 Å². The second-order valence-electron chi connectivity index (χ2n) is 5.99. The molecular formula is C20H22N2O4. The molecule has 0 aliphatic heterocycles. The Bertz CT molecular complexity index is 978. The number of aromatic hydroxyl groups is 1. The second-order valence-corrected chi connectivity index (χ2v) is 5.99. The topological polar surface area (TPSA) is 83.7 Å². The fourth-order valence-electron chi connectivity index (χ4n) is 3.04. The van der Waals surface area contributed by atoms with E-state index >= 15 is 0 Å². The highest BCUT2D eigenvalue weighted by atomic mass is 16.6. The van der Waals surface area contributed by atoms with E-state index in [4.69, 9.17) is 9.25 Å². The standard InChI is InChI=1S/C20H22N2O4/c1-4-12-9-15-19(24)17(13-5-7-14(8-6-13)22-25-3)11-26-20(15)16(10-21-2)18(12)23/h5-9,11,21-23H,4,10H2,1-3H3. The Hall–Kier alpha value is -2.83. The van der Waals surface area contributed by atoms with E-state index in [9.17, 15) is 9.90 Å². The van der Waals surface area contributed by atoms with Gasteiger partial charge in [0.2, 0.25) is 5.43 Å². The average Bonchev–Trinajstić information content (AvgIpc) is 2.65. The Labute approximate surface area is 151 Å². The zero-order valence-electron chi connectivity index (χ0n) is 15.1. The lowest BCUT2D eigenvalue weighted by Gasteiger charge is -2.12. The van der Waals surface area contributed by atoms with Gasteiger partial charge in [-0.3, -0.25) is 15.1 Å². The van der Waals surface area contributed by atoms with Gasteiger partial charge in [0.05, 0.1) is 29.3 Å². The van der Waals surface area contributed by atoms with Crippen LogP contribution in [0.25, 0.3) is 22.1 Å². The minimum atomic E-state index is -0.120. The molecule has 0 aliphatic carbocycles. The number of hydrogen-bond donors (Lipinski definition) is 3. The molecule has 3 aromatic rings. The SMILES string of the molecule is CCc1cc2c(=O)c(-c3ccc(NOC)cc3)coc2c(CNC)c1O. The Morgan fingerprint density at radius 1 is 1.23 bits per heavy atom. The maximum atomic E-state index is 13.1. The van der Waals surface area contributed by atoms with Gasteiger partial charge in [-0.15, -0.1) is 0 Å². The largest absolute Gasteiger partial charge is 0.507 e. The Kier molecular flexibility index (Phi) is 5.25. The third kappa shape index (κ3) is 3.16. The van der Waals surface area contributed by atoms with Gasteiger partial charge in [0.15, 0.2) is 0 Å². The van der Waals surface area contributed by atoms with Crippen molar-refractivity contribution in [1.29, 1.82) is 0 Å². The zero-order chi connectivity index (χ0) is 18.7. The molecule has 0 bridgehead atoms. The van der Waals surface area contributed by atoms with Crippen LogP contribution in [0.3, 0.4) is 0 Å². The van der Waals surface area contributed by atoms with Crippen LogP contribution in [-0.2, 0) is 17.8 Å². The van der Waals surface area contributed by atoms with Gasteiger partial charge in [0.1, 0.15) is 17.6 Å². The monoisotopic (exact) mass is 354 g/mol. The normalized spacial score (nSPS) is 11.0. The van der Waals surface area contributed by atoms with E-state index in [1.165, 1.54) is 13.4 Å². The molecule has 1 aromatic heterocycles. The molecule has 0 spiro atoms. The predicted octanol–water partition coefficient (Wildman–Crippen LogP) is 3.42. The molecule has 0 aliphatic rings. The molecule has 0 atom stereocenters.